The number of aryl methyl sites for hydroxylation is 2. The van der Waals surface area contributed by atoms with Gasteiger partial charge in [-0.1, -0.05) is 12.1 Å². The lowest BCUT2D eigenvalue weighted by molar-refractivity contribution is 0.587. The van der Waals surface area contributed by atoms with E-state index in [0.717, 1.165) is 19.4 Å². The SMILES string of the molecule is Cc1cccc2c1cc(CCCN)n2C(C)C. The minimum Gasteiger partial charge on any atom is -0.342 e. The van der Waals surface area contributed by atoms with Gasteiger partial charge in [0.2, 0.25) is 0 Å². The molecule has 0 bridgehead atoms. The third-order valence-electron chi connectivity index (χ3n) is 3.33. The monoisotopic (exact) mass is 230 g/mol. The smallest absolute Gasteiger partial charge is 0.0487 e. The molecule has 2 N–H and O–H groups in total. The van der Waals surface area contributed by atoms with E-state index in [1.807, 2.05) is 0 Å². The summed E-state index contributed by atoms with van der Waals surface area (Å²) in [5.41, 5.74) is 9.74. The van der Waals surface area contributed by atoms with Crippen LogP contribution in [0.1, 0.15) is 37.6 Å². The molecule has 2 aromatic rings. The first kappa shape index (κ1) is 12.2. The molecule has 0 radical (unpaired) electrons. The van der Waals surface area contributed by atoms with Gasteiger partial charge >= 0.3 is 0 Å². The van der Waals surface area contributed by atoms with Crippen LogP contribution in [-0.2, 0) is 6.42 Å². The number of benzene rings is 1. The fraction of sp³-hybridized carbons (Fsp3) is 0.467. The first-order valence-corrected chi connectivity index (χ1v) is 6.44. The molecule has 0 unspecified atom stereocenters. The first-order chi connectivity index (χ1) is 8.15. The topological polar surface area (TPSA) is 30.9 Å². The molecule has 0 atom stereocenters. The van der Waals surface area contributed by atoms with Crippen molar-refractivity contribution in [1.82, 2.24) is 4.57 Å². The summed E-state index contributed by atoms with van der Waals surface area (Å²) in [6.07, 6.45) is 2.13. The Bertz CT molecular complexity index is 509. The van der Waals surface area contributed by atoms with E-state index in [1.54, 1.807) is 0 Å². The molecule has 1 aromatic heterocycles. The maximum atomic E-state index is 5.62. The van der Waals surface area contributed by atoms with Crippen molar-refractivity contribution < 1.29 is 0 Å². The highest BCUT2D eigenvalue weighted by atomic mass is 15.0. The van der Waals surface area contributed by atoms with Gasteiger partial charge in [-0.05, 0) is 57.9 Å². The molecule has 0 fully saturated rings. The Morgan fingerprint density at radius 2 is 2.06 bits per heavy atom. The fourth-order valence-electron chi connectivity index (χ4n) is 2.54. The van der Waals surface area contributed by atoms with E-state index < -0.39 is 0 Å². The summed E-state index contributed by atoms with van der Waals surface area (Å²) in [4.78, 5) is 0. The molecular formula is C15H22N2. The number of aromatic nitrogens is 1. The maximum absolute atomic E-state index is 5.62. The molecular weight excluding hydrogens is 208 g/mol. The van der Waals surface area contributed by atoms with Gasteiger partial charge < -0.3 is 10.3 Å². The van der Waals surface area contributed by atoms with Gasteiger partial charge in [0.05, 0.1) is 0 Å². The zero-order chi connectivity index (χ0) is 12.4. The Morgan fingerprint density at radius 3 is 2.71 bits per heavy atom. The quantitative estimate of drug-likeness (QED) is 0.857. The van der Waals surface area contributed by atoms with Crippen LogP contribution < -0.4 is 5.73 Å². The van der Waals surface area contributed by atoms with E-state index in [2.05, 4.69) is 49.6 Å². The van der Waals surface area contributed by atoms with Crippen LogP contribution in [-0.4, -0.2) is 11.1 Å². The van der Waals surface area contributed by atoms with E-state index in [1.165, 1.54) is 22.2 Å². The number of nitrogens with zero attached hydrogens (tertiary/aromatic N) is 1. The Hall–Kier alpha value is -1.28. The zero-order valence-electron chi connectivity index (χ0n) is 11.0. The van der Waals surface area contributed by atoms with E-state index in [4.69, 9.17) is 5.73 Å². The van der Waals surface area contributed by atoms with Crippen molar-refractivity contribution in [1.29, 1.82) is 0 Å². The van der Waals surface area contributed by atoms with E-state index in [9.17, 15) is 0 Å². The molecule has 0 aliphatic rings. The minimum atomic E-state index is 0.502. The highest BCUT2D eigenvalue weighted by Gasteiger charge is 2.11. The maximum Gasteiger partial charge on any atom is 0.0487 e. The van der Waals surface area contributed by atoms with Crippen molar-refractivity contribution >= 4 is 10.9 Å². The van der Waals surface area contributed by atoms with Gasteiger partial charge in [0.25, 0.3) is 0 Å². The average Bonchev–Trinajstić information content (AvgIpc) is 2.66. The average molecular weight is 230 g/mol. The Balaban J connectivity index is 2.58. The number of rotatable bonds is 4. The standard InChI is InChI=1S/C15H22N2/c1-11(2)17-13(7-5-9-16)10-14-12(3)6-4-8-15(14)17/h4,6,8,10-11H,5,7,9,16H2,1-3H3. The lowest BCUT2D eigenvalue weighted by Crippen LogP contribution is -2.08. The Kier molecular flexibility index (Phi) is 3.53. The molecule has 0 aliphatic carbocycles. The molecule has 1 heterocycles. The summed E-state index contributed by atoms with van der Waals surface area (Å²) in [6, 6.07) is 9.37. The fourth-order valence-corrected chi connectivity index (χ4v) is 2.54. The molecule has 92 valence electrons. The molecule has 2 heteroatoms. The molecule has 2 nitrogen and oxygen atoms in total. The van der Waals surface area contributed by atoms with Crippen LogP contribution in [0.5, 0.6) is 0 Å². The number of fused-ring (bicyclic) bond motifs is 1. The van der Waals surface area contributed by atoms with Gasteiger partial charge in [-0.25, -0.2) is 0 Å². The van der Waals surface area contributed by atoms with Gasteiger partial charge in [-0.2, -0.15) is 0 Å². The highest BCUT2D eigenvalue weighted by molar-refractivity contribution is 5.84. The summed E-state index contributed by atoms with van der Waals surface area (Å²) in [5.74, 6) is 0. The summed E-state index contributed by atoms with van der Waals surface area (Å²) in [7, 11) is 0. The van der Waals surface area contributed by atoms with Crippen LogP contribution in [0.4, 0.5) is 0 Å². The lowest BCUT2D eigenvalue weighted by Gasteiger charge is -2.14. The summed E-state index contributed by atoms with van der Waals surface area (Å²) >= 11 is 0. The number of hydrogen-bond acceptors (Lipinski definition) is 1. The van der Waals surface area contributed by atoms with Crippen molar-refractivity contribution in [3.63, 3.8) is 0 Å². The van der Waals surface area contributed by atoms with E-state index in [0.29, 0.717) is 6.04 Å². The number of nitrogens with two attached hydrogens (primary N) is 1. The predicted octanol–water partition coefficient (Wildman–Crippen LogP) is 3.42. The highest BCUT2D eigenvalue weighted by Crippen LogP contribution is 2.27. The summed E-state index contributed by atoms with van der Waals surface area (Å²) < 4.78 is 2.44. The second-order valence-corrected chi connectivity index (χ2v) is 5.00. The minimum absolute atomic E-state index is 0.502. The normalized spacial score (nSPS) is 11.6. The molecule has 0 spiro atoms. The molecule has 2 rings (SSSR count). The number of hydrogen-bond donors (Lipinski definition) is 1. The van der Waals surface area contributed by atoms with Gasteiger partial charge in [0.15, 0.2) is 0 Å². The van der Waals surface area contributed by atoms with Crippen molar-refractivity contribution in [3.05, 3.63) is 35.5 Å². The van der Waals surface area contributed by atoms with Gasteiger partial charge in [0, 0.05) is 22.6 Å². The van der Waals surface area contributed by atoms with E-state index >= 15 is 0 Å². The predicted molar refractivity (Wildman–Crippen MR) is 74.4 cm³/mol. The van der Waals surface area contributed by atoms with Crippen molar-refractivity contribution in [2.75, 3.05) is 6.54 Å². The van der Waals surface area contributed by atoms with Crippen molar-refractivity contribution in [3.8, 4) is 0 Å². The third-order valence-corrected chi connectivity index (χ3v) is 3.33. The third kappa shape index (κ3) is 2.22. The molecule has 0 amide bonds. The van der Waals surface area contributed by atoms with Crippen LogP contribution >= 0.6 is 0 Å². The molecule has 1 aromatic carbocycles. The first-order valence-electron chi connectivity index (χ1n) is 6.44. The second-order valence-electron chi connectivity index (χ2n) is 5.00. The van der Waals surface area contributed by atoms with Crippen molar-refractivity contribution in [2.24, 2.45) is 5.73 Å². The Morgan fingerprint density at radius 1 is 1.29 bits per heavy atom. The van der Waals surface area contributed by atoms with Crippen LogP contribution in [0.25, 0.3) is 10.9 Å². The lowest BCUT2D eigenvalue weighted by atomic mass is 10.1. The van der Waals surface area contributed by atoms with Gasteiger partial charge in [-0.15, -0.1) is 0 Å². The molecule has 17 heavy (non-hydrogen) atoms. The van der Waals surface area contributed by atoms with E-state index in [-0.39, 0.29) is 0 Å². The largest absolute Gasteiger partial charge is 0.342 e. The van der Waals surface area contributed by atoms with Crippen LogP contribution in [0, 0.1) is 6.92 Å². The summed E-state index contributed by atoms with van der Waals surface area (Å²) in [5, 5.41) is 1.38. The Labute approximate surface area is 103 Å². The van der Waals surface area contributed by atoms with Gasteiger partial charge in [-0.3, -0.25) is 0 Å². The molecule has 0 saturated carbocycles. The second kappa shape index (κ2) is 4.92. The summed E-state index contributed by atoms with van der Waals surface area (Å²) in [6.45, 7) is 7.43. The zero-order valence-corrected chi connectivity index (χ0v) is 11.0. The molecule has 0 saturated heterocycles. The van der Waals surface area contributed by atoms with Crippen molar-refractivity contribution in [2.45, 2.75) is 39.7 Å². The molecule has 0 aliphatic heterocycles. The van der Waals surface area contributed by atoms with Gasteiger partial charge in [0.1, 0.15) is 0 Å². The van der Waals surface area contributed by atoms with Crippen LogP contribution in [0.2, 0.25) is 0 Å². The van der Waals surface area contributed by atoms with Crippen LogP contribution in [0.15, 0.2) is 24.3 Å². The van der Waals surface area contributed by atoms with Crippen LogP contribution in [0.3, 0.4) is 0 Å².